The van der Waals surface area contributed by atoms with Gasteiger partial charge in [-0.2, -0.15) is 5.10 Å². The molecule has 4 aromatic rings. The van der Waals surface area contributed by atoms with Crippen LogP contribution in [0.5, 0.6) is 5.75 Å². The van der Waals surface area contributed by atoms with E-state index in [0.29, 0.717) is 11.6 Å². The molecule has 11 heteroatoms. The number of carbonyl (C=O) groups excluding carboxylic acids is 1. The number of nitrogens with zero attached hydrogens (tertiary/aromatic N) is 4. The summed E-state index contributed by atoms with van der Waals surface area (Å²) in [5, 5.41) is 8.78. The van der Waals surface area contributed by atoms with Gasteiger partial charge in [0.05, 0.1) is 24.1 Å². The first-order valence-corrected chi connectivity index (χ1v) is 17.7. The third-order valence-corrected chi connectivity index (χ3v) is 13.4. The number of nitrogen functional groups attached to an aromatic ring is 1. The van der Waals surface area contributed by atoms with Crippen LogP contribution in [0.1, 0.15) is 68.4 Å². The van der Waals surface area contributed by atoms with Crippen LogP contribution in [0.15, 0.2) is 48.8 Å². The van der Waals surface area contributed by atoms with Crippen molar-refractivity contribution in [3.63, 3.8) is 0 Å². The molecule has 2 heterocycles. The van der Waals surface area contributed by atoms with E-state index in [-0.39, 0.29) is 29.3 Å². The van der Waals surface area contributed by atoms with Crippen molar-refractivity contribution in [2.24, 2.45) is 0 Å². The van der Waals surface area contributed by atoms with Crippen molar-refractivity contribution in [1.82, 2.24) is 25.1 Å². The maximum Gasteiger partial charge on any atom is 0.255 e. The number of hydrogen-bond donors (Lipinski definition) is 2. The number of nitrogens with two attached hydrogens (primary N) is 1. The highest BCUT2D eigenvalue weighted by atomic mass is 28.4. The number of hydrogen-bond acceptors (Lipinski definition) is 7. The Balaban J connectivity index is 1.36. The van der Waals surface area contributed by atoms with Crippen molar-refractivity contribution in [2.75, 3.05) is 12.8 Å². The summed E-state index contributed by atoms with van der Waals surface area (Å²) in [6.45, 7) is 11.7. The van der Waals surface area contributed by atoms with Crippen LogP contribution in [-0.2, 0) is 11.0 Å². The number of anilines is 1. The summed E-state index contributed by atoms with van der Waals surface area (Å²) in [4.78, 5) is 21.6. The molecule has 2 aromatic heterocycles. The van der Waals surface area contributed by atoms with E-state index in [9.17, 15) is 9.18 Å². The smallest absolute Gasteiger partial charge is 0.255 e. The minimum atomic E-state index is -1.90. The Morgan fingerprint density at radius 1 is 1.14 bits per heavy atom. The molecule has 0 saturated heterocycles. The van der Waals surface area contributed by atoms with E-state index in [0.717, 1.165) is 53.5 Å². The van der Waals surface area contributed by atoms with Crippen LogP contribution in [0, 0.1) is 5.82 Å². The number of ether oxygens (including phenoxy) is 1. The van der Waals surface area contributed by atoms with E-state index >= 15 is 0 Å². The number of amides is 1. The number of benzene rings is 2. The second kappa shape index (κ2) is 12.0. The normalized spacial score (nSPS) is 17.7. The van der Waals surface area contributed by atoms with Gasteiger partial charge >= 0.3 is 0 Å². The van der Waals surface area contributed by atoms with Gasteiger partial charge in [0, 0.05) is 18.2 Å². The van der Waals surface area contributed by atoms with Crippen LogP contribution in [0.3, 0.4) is 0 Å². The summed E-state index contributed by atoms with van der Waals surface area (Å²) in [7, 11) is -0.458. The van der Waals surface area contributed by atoms with Gasteiger partial charge in [-0.15, -0.1) is 0 Å². The van der Waals surface area contributed by atoms with Gasteiger partial charge in [-0.3, -0.25) is 4.79 Å². The van der Waals surface area contributed by atoms with Gasteiger partial charge < -0.3 is 20.2 Å². The molecular formula is C32H41FN6O3Si. The molecule has 1 aliphatic carbocycles. The average Bonchev–Trinajstić information content (AvgIpc) is 3.36. The molecule has 0 aliphatic heterocycles. The van der Waals surface area contributed by atoms with Crippen LogP contribution in [0.25, 0.3) is 22.3 Å². The molecule has 3 N–H and O–H groups in total. The maximum atomic E-state index is 13.7. The SMILES string of the molecule is COc1ccc(F)cc1C(=O)NCc1ccc(-c2nn(C3CCCC(O[Si](C)(C)C(C)(C)C)C3)c3ncnc(N)c23)cc1. The minimum absolute atomic E-state index is 0.142. The Bertz CT molecular complexity index is 1620. The zero-order valence-corrected chi connectivity index (χ0v) is 26.8. The molecule has 9 nitrogen and oxygen atoms in total. The number of aromatic nitrogens is 4. The predicted octanol–water partition coefficient (Wildman–Crippen LogP) is 6.66. The largest absolute Gasteiger partial charge is 0.496 e. The molecule has 2 atom stereocenters. The fourth-order valence-electron chi connectivity index (χ4n) is 5.41. The van der Waals surface area contributed by atoms with Crippen LogP contribution < -0.4 is 15.8 Å². The number of carbonyl (C=O) groups is 1. The van der Waals surface area contributed by atoms with E-state index in [1.807, 2.05) is 28.9 Å². The van der Waals surface area contributed by atoms with E-state index in [4.69, 9.17) is 20.0 Å². The summed E-state index contributed by atoms with van der Waals surface area (Å²) in [5.74, 6) is -0.223. The van der Waals surface area contributed by atoms with Crippen molar-refractivity contribution >= 4 is 31.1 Å². The molecule has 2 aromatic carbocycles. The van der Waals surface area contributed by atoms with Crippen LogP contribution >= 0.6 is 0 Å². The fourth-order valence-corrected chi connectivity index (χ4v) is 6.81. The maximum absolute atomic E-state index is 13.7. The Labute approximate surface area is 253 Å². The zero-order valence-electron chi connectivity index (χ0n) is 25.8. The van der Waals surface area contributed by atoms with E-state index in [1.165, 1.54) is 31.6 Å². The predicted molar refractivity (Wildman–Crippen MR) is 169 cm³/mol. The average molecular weight is 605 g/mol. The second-order valence-electron chi connectivity index (χ2n) is 12.8. The zero-order chi connectivity index (χ0) is 30.9. The lowest BCUT2D eigenvalue weighted by molar-refractivity contribution is 0.0947. The van der Waals surface area contributed by atoms with Crippen LogP contribution in [0.4, 0.5) is 10.2 Å². The van der Waals surface area contributed by atoms with Crippen molar-refractivity contribution in [3.8, 4) is 17.0 Å². The van der Waals surface area contributed by atoms with Gasteiger partial charge in [0.1, 0.15) is 29.4 Å². The van der Waals surface area contributed by atoms with Gasteiger partial charge in [0.15, 0.2) is 14.0 Å². The Morgan fingerprint density at radius 2 is 1.88 bits per heavy atom. The number of methoxy groups -OCH3 is 1. The molecular weight excluding hydrogens is 563 g/mol. The molecule has 1 amide bonds. The Hall–Kier alpha value is -3.83. The first-order chi connectivity index (χ1) is 20.4. The molecule has 1 saturated carbocycles. The van der Waals surface area contributed by atoms with Crippen LogP contribution in [0.2, 0.25) is 18.1 Å². The number of halogens is 1. The van der Waals surface area contributed by atoms with Gasteiger partial charge in [-0.05, 0) is 67.6 Å². The molecule has 1 fully saturated rings. The minimum Gasteiger partial charge on any atom is -0.496 e. The third-order valence-electron chi connectivity index (χ3n) is 8.82. The van der Waals surface area contributed by atoms with Gasteiger partial charge in [-0.1, -0.05) is 45.0 Å². The molecule has 1 aliphatic rings. The van der Waals surface area contributed by atoms with Crippen molar-refractivity contribution in [3.05, 3.63) is 65.7 Å². The van der Waals surface area contributed by atoms with Crippen LogP contribution in [-0.4, -0.2) is 47.2 Å². The number of rotatable bonds is 8. The van der Waals surface area contributed by atoms with Gasteiger partial charge in [0.25, 0.3) is 5.91 Å². The molecule has 2 unspecified atom stereocenters. The first kappa shape index (κ1) is 30.6. The Morgan fingerprint density at radius 3 is 2.58 bits per heavy atom. The second-order valence-corrected chi connectivity index (χ2v) is 17.6. The van der Waals surface area contributed by atoms with E-state index < -0.39 is 20.0 Å². The van der Waals surface area contributed by atoms with Crippen molar-refractivity contribution < 1.29 is 18.3 Å². The lowest BCUT2D eigenvalue weighted by Crippen LogP contribution is -2.45. The molecule has 43 heavy (non-hydrogen) atoms. The summed E-state index contributed by atoms with van der Waals surface area (Å²) in [6, 6.07) is 11.8. The summed E-state index contributed by atoms with van der Waals surface area (Å²) in [5.41, 5.74) is 9.72. The monoisotopic (exact) mass is 604 g/mol. The fraction of sp³-hybridized carbons (Fsp3) is 0.438. The number of nitrogens with one attached hydrogen (secondary N) is 1. The summed E-state index contributed by atoms with van der Waals surface area (Å²) < 4.78 is 27.8. The van der Waals surface area contributed by atoms with E-state index in [1.54, 1.807) is 0 Å². The highest BCUT2D eigenvalue weighted by Gasteiger charge is 2.40. The van der Waals surface area contributed by atoms with Crippen molar-refractivity contribution in [2.45, 2.75) is 83.3 Å². The summed E-state index contributed by atoms with van der Waals surface area (Å²) >= 11 is 0. The molecule has 0 spiro atoms. The topological polar surface area (TPSA) is 117 Å². The number of fused-ring (bicyclic) bond motifs is 1. The Kier molecular flexibility index (Phi) is 8.58. The van der Waals surface area contributed by atoms with Gasteiger partial charge in [-0.25, -0.2) is 19.0 Å². The van der Waals surface area contributed by atoms with Gasteiger partial charge in [0.2, 0.25) is 0 Å². The lowest BCUT2D eigenvalue weighted by atomic mass is 9.93. The first-order valence-electron chi connectivity index (χ1n) is 14.8. The van der Waals surface area contributed by atoms with Crippen molar-refractivity contribution in [1.29, 1.82) is 0 Å². The molecule has 228 valence electrons. The van der Waals surface area contributed by atoms with E-state index in [2.05, 4.69) is 49.1 Å². The third kappa shape index (κ3) is 6.42. The quantitative estimate of drug-likeness (QED) is 0.216. The highest BCUT2D eigenvalue weighted by Crippen LogP contribution is 2.41. The molecule has 0 radical (unpaired) electrons. The summed E-state index contributed by atoms with van der Waals surface area (Å²) in [6.07, 6.45) is 5.65. The highest BCUT2D eigenvalue weighted by molar-refractivity contribution is 6.74. The standard InChI is InChI=1S/C32H41FN6O3Si/c1-32(2,3)43(5,6)42-24-9-7-8-23(17-24)39-30-27(29(34)36-19-37-30)28(38-39)21-12-10-20(11-13-21)18-35-31(40)25-16-22(33)14-15-26(25)41-4/h10-16,19,23-24H,7-9,17-18H2,1-6H3,(H,35,40)(H2,34,36,37). The lowest BCUT2D eigenvalue weighted by Gasteiger charge is -2.41. The molecule has 0 bridgehead atoms. The molecule has 5 rings (SSSR count).